The molecule has 106 valence electrons. The van der Waals surface area contributed by atoms with Gasteiger partial charge in [0, 0.05) is 6.54 Å². The number of carbonyl (C=O) groups is 1. The van der Waals surface area contributed by atoms with Crippen molar-refractivity contribution in [3.63, 3.8) is 0 Å². The zero-order chi connectivity index (χ0) is 14.4. The molecule has 0 aliphatic carbocycles. The van der Waals surface area contributed by atoms with E-state index in [4.69, 9.17) is 9.84 Å². The molecule has 1 rings (SSSR count). The van der Waals surface area contributed by atoms with Crippen LogP contribution < -0.4 is 10.1 Å². The van der Waals surface area contributed by atoms with E-state index in [-0.39, 0.29) is 5.92 Å². The normalized spacial score (nSPS) is 12.2. The van der Waals surface area contributed by atoms with Gasteiger partial charge in [-0.3, -0.25) is 4.79 Å². The number of ether oxygens (including phenoxy) is 1. The predicted molar refractivity (Wildman–Crippen MR) is 75.6 cm³/mol. The molecule has 0 spiro atoms. The van der Waals surface area contributed by atoms with Crippen LogP contribution in [0.2, 0.25) is 0 Å². The maximum Gasteiger partial charge on any atom is 0.306 e. The summed E-state index contributed by atoms with van der Waals surface area (Å²) >= 11 is 0. The van der Waals surface area contributed by atoms with Crippen LogP contribution >= 0.6 is 0 Å². The van der Waals surface area contributed by atoms with E-state index in [0.29, 0.717) is 13.0 Å². The Kier molecular flexibility index (Phi) is 5.83. The van der Waals surface area contributed by atoms with E-state index >= 15 is 0 Å². The fourth-order valence-corrected chi connectivity index (χ4v) is 1.92. The Labute approximate surface area is 114 Å². The molecule has 0 bridgehead atoms. The molecule has 1 aromatic rings. The number of carboxylic acid groups (broad SMARTS) is 1. The van der Waals surface area contributed by atoms with Gasteiger partial charge in [-0.25, -0.2) is 0 Å². The van der Waals surface area contributed by atoms with Crippen molar-refractivity contribution >= 4 is 5.97 Å². The number of rotatable bonds is 7. The number of aliphatic carboxylic acids is 1. The van der Waals surface area contributed by atoms with E-state index in [1.807, 2.05) is 13.0 Å². The van der Waals surface area contributed by atoms with Crippen LogP contribution in [0.3, 0.4) is 0 Å². The van der Waals surface area contributed by atoms with Crippen molar-refractivity contribution in [1.29, 1.82) is 0 Å². The van der Waals surface area contributed by atoms with Gasteiger partial charge in [0.05, 0.1) is 13.0 Å². The van der Waals surface area contributed by atoms with Crippen molar-refractivity contribution in [2.24, 2.45) is 5.92 Å². The first kappa shape index (κ1) is 15.5. The van der Waals surface area contributed by atoms with Gasteiger partial charge in [-0.05, 0) is 49.6 Å². The Morgan fingerprint density at radius 3 is 2.63 bits per heavy atom. The van der Waals surface area contributed by atoms with Crippen LogP contribution in [0.4, 0.5) is 0 Å². The van der Waals surface area contributed by atoms with E-state index in [1.54, 1.807) is 14.0 Å². The zero-order valence-electron chi connectivity index (χ0n) is 12.1. The molecular weight excluding hydrogens is 242 g/mol. The third-order valence-electron chi connectivity index (χ3n) is 3.34. The number of carboxylic acids is 1. The quantitative estimate of drug-likeness (QED) is 0.744. The lowest BCUT2D eigenvalue weighted by atomic mass is 10.0. The average Bonchev–Trinajstić information content (AvgIpc) is 2.37. The van der Waals surface area contributed by atoms with Crippen LogP contribution in [0, 0.1) is 19.8 Å². The zero-order valence-corrected chi connectivity index (χ0v) is 12.1. The van der Waals surface area contributed by atoms with Gasteiger partial charge < -0.3 is 15.2 Å². The maximum atomic E-state index is 10.7. The van der Waals surface area contributed by atoms with Crippen molar-refractivity contribution in [2.75, 3.05) is 13.7 Å². The van der Waals surface area contributed by atoms with Gasteiger partial charge in [-0.15, -0.1) is 0 Å². The minimum Gasteiger partial charge on any atom is -0.496 e. The van der Waals surface area contributed by atoms with Crippen molar-refractivity contribution in [3.05, 3.63) is 28.8 Å². The second-order valence-corrected chi connectivity index (χ2v) is 4.95. The number of methoxy groups -OCH3 is 1. The summed E-state index contributed by atoms with van der Waals surface area (Å²) in [7, 11) is 1.67. The van der Waals surface area contributed by atoms with Crippen LogP contribution in [-0.4, -0.2) is 24.7 Å². The standard InChI is InChI=1S/C15H23NO3/c1-10(15(17)18)5-6-16-9-13-7-12(3)14(19-4)8-11(13)2/h7-8,10,16H,5-6,9H2,1-4H3,(H,17,18). The molecule has 0 amide bonds. The lowest BCUT2D eigenvalue weighted by Gasteiger charge is -2.13. The van der Waals surface area contributed by atoms with Gasteiger partial charge in [0.2, 0.25) is 0 Å². The first-order chi connectivity index (χ1) is 8.95. The lowest BCUT2D eigenvalue weighted by molar-refractivity contribution is -0.141. The van der Waals surface area contributed by atoms with Crippen molar-refractivity contribution in [1.82, 2.24) is 5.32 Å². The molecule has 0 saturated heterocycles. The number of hydrogen-bond donors (Lipinski definition) is 2. The molecule has 0 radical (unpaired) electrons. The predicted octanol–water partition coefficient (Wildman–Crippen LogP) is 2.51. The van der Waals surface area contributed by atoms with E-state index in [9.17, 15) is 4.79 Å². The first-order valence-corrected chi connectivity index (χ1v) is 6.53. The molecule has 1 aromatic carbocycles. The lowest BCUT2D eigenvalue weighted by Crippen LogP contribution is -2.20. The highest BCUT2D eigenvalue weighted by Crippen LogP contribution is 2.22. The minimum atomic E-state index is -0.738. The van der Waals surface area contributed by atoms with Crippen LogP contribution in [0.15, 0.2) is 12.1 Å². The highest BCUT2D eigenvalue weighted by Gasteiger charge is 2.10. The molecule has 2 N–H and O–H groups in total. The summed E-state index contributed by atoms with van der Waals surface area (Å²) in [6.45, 7) is 7.26. The fourth-order valence-electron chi connectivity index (χ4n) is 1.92. The van der Waals surface area contributed by atoms with E-state index in [1.165, 1.54) is 11.1 Å². The number of nitrogens with one attached hydrogen (secondary N) is 1. The molecule has 0 aliphatic rings. The molecule has 0 aliphatic heterocycles. The van der Waals surface area contributed by atoms with Gasteiger partial charge in [0.1, 0.15) is 5.75 Å². The highest BCUT2D eigenvalue weighted by molar-refractivity contribution is 5.69. The summed E-state index contributed by atoms with van der Waals surface area (Å²) in [5.41, 5.74) is 3.52. The third-order valence-corrected chi connectivity index (χ3v) is 3.34. The maximum absolute atomic E-state index is 10.7. The number of aryl methyl sites for hydroxylation is 2. The van der Waals surface area contributed by atoms with Gasteiger partial charge >= 0.3 is 5.97 Å². The van der Waals surface area contributed by atoms with Crippen molar-refractivity contribution in [2.45, 2.75) is 33.7 Å². The second-order valence-electron chi connectivity index (χ2n) is 4.95. The Bertz CT molecular complexity index is 443. The molecule has 0 fully saturated rings. The van der Waals surface area contributed by atoms with E-state index in [2.05, 4.69) is 18.3 Å². The monoisotopic (exact) mass is 265 g/mol. The molecule has 0 heterocycles. The molecular formula is C15H23NO3. The smallest absolute Gasteiger partial charge is 0.306 e. The van der Waals surface area contributed by atoms with Gasteiger partial charge in [0.25, 0.3) is 0 Å². The summed E-state index contributed by atoms with van der Waals surface area (Å²) in [6, 6.07) is 4.15. The van der Waals surface area contributed by atoms with Gasteiger partial charge in [0.15, 0.2) is 0 Å². The Morgan fingerprint density at radius 2 is 2.05 bits per heavy atom. The SMILES string of the molecule is COc1cc(C)c(CNCCC(C)C(=O)O)cc1C. The van der Waals surface area contributed by atoms with E-state index in [0.717, 1.165) is 17.9 Å². The van der Waals surface area contributed by atoms with E-state index < -0.39 is 5.97 Å². The molecule has 1 atom stereocenters. The highest BCUT2D eigenvalue weighted by atomic mass is 16.5. The Balaban J connectivity index is 2.50. The fraction of sp³-hybridized carbons (Fsp3) is 0.533. The Morgan fingerprint density at radius 1 is 1.37 bits per heavy atom. The Hall–Kier alpha value is -1.55. The van der Waals surface area contributed by atoms with Crippen molar-refractivity contribution < 1.29 is 14.6 Å². The van der Waals surface area contributed by atoms with Crippen molar-refractivity contribution in [3.8, 4) is 5.75 Å². The molecule has 0 aromatic heterocycles. The van der Waals surface area contributed by atoms with Crippen LogP contribution in [-0.2, 0) is 11.3 Å². The minimum absolute atomic E-state index is 0.300. The summed E-state index contributed by atoms with van der Waals surface area (Å²) < 4.78 is 5.28. The summed E-state index contributed by atoms with van der Waals surface area (Å²) in [5, 5.41) is 12.1. The summed E-state index contributed by atoms with van der Waals surface area (Å²) in [5.74, 6) is -0.134. The topological polar surface area (TPSA) is 58.6 Å². The van der Waals surface area contributed by atoms with Crippen LogP contribution in [0.25, 0.3) is 0 Å². The second kappa shape index (κ2) is 7.14. The third kappa shape index (κ3) is 4.56. The molecule has 4 heteroatoms. The van der Waals surface area contributed by atoms with Gasteiger partial charge in [-0.2, -0.15) is 0 Å². The average molecular weight is 265 g/mol. The molecule has 1 unspecified atom stereocenters. The van der Waals surface area contributed by atoms with Crippen LogP contribution in [0.1, 0.15) is 30.0 Å². The van der Waals surface area contributed by atoms with Crippen LogP contribution in [0.5, 0.6) is 5.75 Å². The summed E-state index contributed by atoms with van der Waals surface area (Å²) in [4.78, 5) is 10.7. The molecule has 19 heavy (non-hydrogen) atoms. The molecule has 4 nitrogen and oxygen atoms in total. The number of benzene rings is 1. The summed E-state index contributed by atoms with van der Waals surface area (Å²) in [6.07, 6.45) is 0.642. The van der Waals surface area contributed by atoms with Gasteiger partial charge in [-0.1, -0.05) is 13.0 Å². The number of hydrogen-bond acceptors (Lipinski definition) is 3. The first-order valence-electron chi connectivity index (χ1n) is 6.53. The molecule has 0 saturated carbocycles. The largest absolute Gasteiger partial charge is 0.496 e.